The summed E-state index contributed by atoms with van der Waals surface area (Å²) in [5.41, 5.74) is 7.60. The standard InChI is InChI=1S/C16H24N2O/c1-13-7-6-8-14(11-13)18-15(19)16(12-17)9-4-2-3-5-10-16/h6-8,11H,2-5,9-10,12,17H2,1H3,(H,18,19). The number of nitrogens with one attached hydrogen (secondary N) is 1. The van der Waals surface area contributed by atoms with Crippen molar-refractivity contribution in [1.82, 2.24) is 0 Å². The van der Waals surface area contributed by atoms with Crippen LogP contribution >= 0.6 is 0 Å². The Bertz CT molecular complexity index is 434. The number of anilines is 1. The molecule has 1 aliphatic rings. The van der Waals surface area contributed by atoms with Gasteiger partial charge in [-0.05, 0) is 37.5 Å². The van der Waals surface area contributed by atoms with Gasteiger partial charge in [-0.1, -0.05) is 37.8 Å². The highest BCUT2D eigenvalue weighted by molar-refractivity contribution is 5.95. The fourth-order valence-electron chi connectivity index (χ4n) is 2.92. The van der Waals surface area contributed by atoms with Crippen LogP contribution in [0.2, 0.25) is 0 Å². The summed E-state index contributed by atoms with van der Waals surface area (Å²) in [6.45, 7) is 2.48. The lowest BCUT2D eigenvalue weighted by Gasteiger charge is -2.29. The van der Waals surface area contributed by atoms with Gasteiger partial charge in [0.05, 0.1) is 5.41 Å². The van der Waals surface area contributed by atoms with E-state index in [9.17, 15) is 4.79 Å². The van der Waals surface area contributed by atoms with Gasteiger partial charge in [-0.15, -0.1) is 0 Å². The molecule has 0 unspecified atom stereocenters. The summed E-state index contributed by atoms with van der Waals surface area (Å²) in [5.74, 6) is 0.0995. The molecule has 0 radical (unpaired) electrons. The molecule has 3 heteroatoms. The third-order valence-electron chi connectivity index (χ3n) is 4.21. The Labute approximate surface area is 115 Å². The molecular formula is C16H24N2O. The summed E-state index contributed by atoms with van der Waals surface area (Å²) in [4.78, 5) is 12.6. The maximum atomic E-state index is 12.6. The topological polar surface area (TPSA) is 55.1 Å². The molecule has 0 saturated heterocycles. The molecule has 0 aliphatic heterocycles. The average Bonchev–Trinajstić information content (AvgIpc) is 2.65. The maximum absolute atomic E-state index is 12.6. The van der Waals surface area contributed by atoms with Gasteiger partial charge in [0.2, 0.25) is 5.91 Å². The predicted octanol–water partition coefficient (Wildman–Crippen LogP) is 3.23. The van der Waals surface area contributed by atoms with Gasteiger partial charge in [0.15, 0.2) is 0 Å². The highest BCUT2D eigenvalue weighted by Gasteiger charge is 2.37. The van der Waals surface area contributed by atoms with Gasteiger partial charge in [0.25, 0.3) is 0 Å². The van der Waals surface area contributed by atoms with Crippen molar-refractivity contribution in [3.8, 4) is 0 Å². The van der Waals surface area contributed by atoms with Gasteiger partial charge in [-0.25, -0.2) is 0 Å². The van der Waals surface area contributed by atoms with E-state index in [4.69, 9.17) is 5.73 Å². The quantitative estimate of drug-likeness (QED) is 0.820. The van der Waals surface area contributed by atoms with Crippen molar-refractivity contribution in [2.24, 2.45) is 11.1 Å². The molecule has 0 aromatic heterocycles. The molecule has 0 heterocycles. The van der Waals surface area contributed by atoms with Crippen molar-refractivity contribution < 1.29 is 4.79 Å². The van der Waals surface area contributed by atoms with E-state index in [2.05, 4.69) is 5.32 Å². The summed E-state index contributed by atoms with van der Waals surface area (Å²) in [5, 5.41) is 3.05. The first kappa shape index (κ1) is 14.1. The Balaban J connectivity index is 2.12. The molecule has 1 amide bonds. The number of nitrogens with two attached hydrogens (primary N) is 1. The first-order chi connectivity index (χ1) is 9.16. The summed E-state index contributed by atoms with van der Waals surface area (Å²) in [7, 11) is 0. The monoisotopic (exact) mass is 260 g/mol. The van der Waals surface area contributed by atoms with Crippen molar-refractivity contribution in [2.45, 2.75) is 45.4 Å². The molecule has 0 bridgehead atoms. The molecule has 1 aromatic carbocycles. The van der Waals surface area contributed by atoms with E-state index in [-0.39, 0.29) is 11.3 Å². The molecule has 1 aromatic rings. The normalized spacial score (nSPS) is 18.6. The number of hydrogen-bond donors (Lipinski definition) is 2. The molecule has 1 saturated carbocycles. The van der Waals surface area contributed by atoms with Gasteiger partial charge in [-0.2, -0.15) is 0 Å². The van der Waals surface area contributed by atoms with Gasteiger partial charge in [-0.3, -0.25) is 4.79 Å². The molecule has 1 fully saturated rings. The highest BCUT2D eigenvalue weighted by Crippen LogP contribution is 2.35. The molecular weight excluding hydrogens is 236 g/mol. The number of carbonyl (C=O) groups is 1. The van der Waals surface area contributed by atoms with E-state index in [0.717, 1.165) is 36.9 Å². The largest absolute Gasteiger partial charge is 0.329 e. The summed E-state index contributed by atoms with van der Waals surface area (Å²) >= 11 is 0. The van der Waals surface area contributed by atoms with Gasteiger partial charge >= 0.3 is 0 Å². The lowest BCUT2D eigenvalue weighted by atomic mass is 9.79. The molecule has 3 nitrogen and oxygen atoms in total. The number of rotatable bonds is 3. The van der Waals surface area contributed by atoms with E-state index in [0.29, 0.717) is 6.54 Å². The number of aryl methyl sites for hydroxylation is 1. The Kier molecular flexibility index (Phi) is 4.59. The fourth-order valence-corrected chi connectivity index (χ4v) is 2.92. The van der Waals surface area contributed by atoms with E-state index < -0.39 is 0 Å². The zero-order valence-electron chi connectivity index (χ0n) is 11.7. The minimum absolute atomic E-state index is 0.0995. The number of carbonyl (C=O) groups excluding carboxylic acids is 1. The Morgan fingerprint density at radius 1 is 1.26 bits per heavy atom. The molecule has 0 spiro atoms. The number of amides is 1. The predicted molar refractivity (Wildman–Crippen MR) is 79.0 cm³/mol. The third-order valence-corrected chi connectivity index (χ3v) is 4.21. The molecule has 3 N–H and O–H groups in total. The third kappa shape index (κ3) is 3.35. The van der Waals surface area contributed by atoms with Crippen molar-refractivity contribution in [2.75, 3.05) is 11.9 Å². The molecule has 0 atom stereocenters. The van der Waals surface area contributed by atoms with E-state index >= 15 is 0 Å². The smallest absolute Gasteiger partial charge is 0.231 e. The molecule has 19 heavy (non-hydrogen) atoms. The van der Waals surface area contributed by atoms with E-state index in [1.54, 1.807) is 0 Å². The van der Waals surface area contributed by atoms with Crippen molar-refractivity contribution in [1.29, 1.82) is 0 Å². The van der Waals surface area contributed by atoms with Gasteiger partial charge in [0, 0.05) is 12.2 Å². The van der Waals surface area contributed by atoms with Crippen LogP contribution < -0.4 is 11.1 Å². The van der Waals surface area contributed by atoms with Crippen LogP contribution in [0.5, 0.6) is 0 Å². The van der Waals surface area contributed by atoms with Gasteiger partial charge < -0.3 is 11.1 Å². The lowest BCUT2D eigenvalue weighted by molar-refractivity contribution is -0.125. The van der Waals surface area contributed by atoms with Crippen molar-refractivity contribution >= 4 is 11.6 Å². The van der Waals surface area contributed by atoms with Gasteiger partial charge in [0.1, 0.15) is 0 Å². The summed E-state index contributed by atoms with van der Waals surface area (Å²) < 4.78 is 0. The average molecular weight is 260 g/mol. The van der Waals surface area contributed by atoms with Crippen LogP contribution in [0, 0.1) is 12.3 Å². The van der Waals surface area contributed by atoms with Crippen LogP contribution in [0.25, 0.3) is 0 Å². The van der Waals surface area contributed by atoms with E-state index in [1.807, 2.05) is 31.2 Å². The van der Waals surface area contributed by atoms with Crippen LogP contribution in [-0.2, 0) is 4.79 Å². The zero-order chi connectivity index (χ0) is 13.7. The lowest BCUT2D eigenvalue weighted by Crippen LogP contribution is -2.42. The highest BCUT2D eigenvalue weighted by atomic mass is 16.2. The molecule has 1 aliphatic carbocycles. The van der Waals surface area contributed by atoms with E-state index in [1.165, 1.54) is 12.8 Å². The minimum atomic E-state index is -0.361. The second-order valence-electron chi connectivity index (χ2n) is 5.72. The minimum Gasteiger partial charge on any atom is -0.329 e. The SMILES string of the molecule is Cc1cccc(NC(=O)C2(CN)CCCCCC2)c1. The Hall–Kier alpha value is -1.35. The summed E-state index contributed by atoms with van der Waals surface area (Å²) in [6, 6.07) is 7.93. The first-order valence-corrected chi connectivity index (χ1v) is 7.24. The Morgan fingerprint density at radius 3 is 2.53 bits per heavy atom. The number of benzene rings is 1. The van der Waals surface area contributed by atoms with Crippen molar-refractivity contribution in [3.63, 3.8) is 0 Å². The first-order valence-electron chi connectivity index (χ1n) is 7.24. The van der Waals surface area contributed by atoms with Crippen LogP contribution in [0.3, 0.4) is 0 Å². The molecule has 104 valence electrons. The van der Waals surface area contributed by atoms with Crippen LogP contribution in [-0.4, -0.2) is 12.5 Å². The fraction of sp³-hybridized carbons (Fsp3) is 0.562. The molecule has 2 rings (SSSR count). The Morgan fingerprint density at radius 2 is 1.95 bits per heavy atom. The van der Waals surface area contributed by atoms with Crippen LogP contribution in [0.15, 0.2) is 24.3 Å². The second kappa shape index (κ2) is 6.20. The van der Waals surface area contributed by atoms with Crippen LogP contribution in [0.4, 0.5) is 5.69 Å². The van der Waals surface area contributed by atoms with Crippen molar-refractivity contribution in [3.05, 3.63) is 29.8 Å². The summed E-state index contributed by atoms with van der Waals surface area (Å²) in [6.07, 6.45) is 6.50. The second-order valence-corrected chi connectivity index (χ2v) is 5.72. The van der Waals surface area contributed by atoms with Crippen LogP contribution in [0.1, 0.15) is 44.1 Å². The zero-order valence-corrected chi connectivity index (χ0v) is 11.7. The maximum Gasteiger partial charge on any atom is 0.231 e. The number of hydrogen-bond acceptors (Lipinski definition) is 2.